The molecule has 1 aliphatic heterocycles. The first-order valence-electron chi connectivity index (χ1n) is 10.6. The van der Waals surface area contributed by atoms with Crippen molar-refractivity contribution < 1.29 is 14.3 Å². The molecule has 5 rings (SSSR count). The van der Waals surface area contributed by atoms with Crippen LogP contribution in [0.2, 0.25) is 5.02 Å². The van der Waals surface area contributed by atoms with Crippen LogP contribution in [0.15, 0.2) is 63.9 Å². The van der Waals surface area contributed by atoms with Crippen molar-refractivity contribution in [2.24, 2.45) is 0 Å². The Morgan fingerprint density at radius 3 is 2.76 bits per heavy atom. The van der Waals surface area contributed by atoms with Crippen LogP contribution in [0, 0.1) is 0 Å². The number of carbonyl (C=O) groups is 1. The number of benzene rings is 2. The fourth-order valence-corrected chi connectivity index (χ4v) is 5.31. The van der Waals surface area contributed by atoms with Gasteiger partial charge in [-0.1, -0.05) is 41.6 Å². The average molecular weight is 514 g/mol. The number of ether oxygens (including phenoxy) is 2. The summed E-state index contributed by atoms with van der Waals surface area (Å²) in [4.78, 5) is 30.3. The second-order valence-corrected chi connectivity index (χ2v) is 9.92. The van der Waals surface area contributed by atoms with Gasteiger partial charge >= 0.3 is 0 Å². The molecule has 7 nitrogen and oxygen atoms in total. The molecule has 2 aromatic carbocycles. The second-order valence-electron chi connectivity index (χ2n) is 7.62. The fourth-order valence-electron chi connectivity index (χ4n) is 3.57. The van der Waals surface area contributed by atoms with Crippen LogP contribution in [0.4, 0.5) is 0 Å². The molecule has 0 spiro atoms. The summed E-state index contributed by atoms with van der Waals surface area (Å²) < 4.78 is 13.0. The molecule has 174 valence electrons. The predicted octanol–water partition coefficient (Wildman–Crippen LogP) is 4.34. The summed E-state index contributed by atoms with van der Waals surface area (Å²) in [5.74, 6) is 1.38. The van der Waals surface area contributed by atoms with E-state index in [0.717, 1.165) is 11.1 Å². The van der Waals surface area contributed by atoms with Gasteiger partial charge in [-0.05, 0) is 53.3 Å². The number of hydrogen-bond acceptors (Lipinski definition) is 7. The monoisotopic (exact) mass is 513 g/mol. The molecule has 0 fully saturated rings. The summed E-state index contributed by atoms with van der Waals surface area (Å²) in [5.41, 5.74) is 2.50. The Balaban J connectivity index is 1.28. The molecule has 0 saturated heterocycles. The van der Waals surface area contributed by atoms with Gasteiger partial charge in [-0.2, -0.15) is 0 Å². The lowest BCUT2D eigenvalue weighted by Gasteiger charge is -2.12. The van der Waals surface area contributed by atoms with Gasteiger partial charge in [-0.25, -0.2) is 4.98 Å². The van der Waals surface area contributed by atoms with Crippen LogP contribution in [-0.4, -0.2) is 34.5 Å². The van der Waals surface area contributed by atoms with E-state index in [1.54, 1.807) is 4.57 Å². The van der Waals surface area contributed by atoms with Crippen molar-refractivity contribution in [1.29, 1.82) is 0 Å². The van der Waals surface area contributed by atoms with E-state index in [1.807, 2.05) is 53.9 Å². The maximum absolute atomic E-state index is 13.2. The van der Waals surface area contributed by atoms with Crippen molar-refractivity contribution >= 4 is 50.8 Å². The fraction of sp³-hybridized carbons (Fsp3) is 0.208. The molecule has 4 aromatic rings. The minimum absolute atomic E-state index is 0.117. The topological polar surface area (TPSA) is 82.5 Å². The quantitative estimate of drug-likeness (QED) is 0.279. The first-order valence-corrected chi connectivity index (χ1v) is 12.8. The van der Waals surface area contributed by atoms with Crippen LogP contribution in [0.3, 0.4) is 0 Å². The van der Waals surface area contributed by atoms with E-state index in [2.05, 4.69) is 10.3 Å². The Morgan fingerprint density at radius 2 is 1.91 bits per heavy atom. The highest BCUT2D eigenvalue weighted by molar-refractivity contribution is 7.99. The number of halogens is 1. The molecule has 0 radical (unpaired) electrons. The van der Waals surface area contributed by atoms with Crippen molar-refractivity contribution in [2.75, 3.05) is 19.1 Å². The van der Waals surface area contributed by atoms with Crippen LogP contribution in [0.1, 0.15) is 11.1 Å². The van der Waals surface area contributed by atoms with E-state index in [4.69, 9.17) is 21.1 Å². The third-order valence-corrected chi connectivity index (χ3v) is 7.41. The van der Waals surface area contributed by atoms with E-state index >= 15 is 0 Å². The number of carbonyl (C=O) groups excluding carboxylic acids is 1. The minimum atomic E-state index is -0.122. The normalized spacial score (nSPS) is 12.3. The number of rotatable bonds is 8. The molecule has 1 amide bonds. The molecule has 1 aliphatic rings. The van der Waals surface area contributed by atoms with E-state index in [-0.39, 0.29) is 24.0 Å². The van der Waals surface area contributed by atoms with Gasteiger partial charge in [0.1, 0.15) is 4.70 Å². The Hall–Kier alpha value is -3.01. The van der Waals surface area contributed by atoms with Gasteiger partial charge in [0.25, 0.3) is 5.56 Å². The minimum Gasteiger partial charge on any atom is -0.454 e. The first-order chi connectivity index (χ1) is 16.6. The van der Waals surface area contributed by atoms with Crippen molar-refractivity contribution in [3.8, 4) is 11.5 Å². The molecule has 0 saturated carbocycles. The number of aromatic nitrogens is 2. The number of nitrogens with one attached hydrogen (secondary N) is 1. The number of fused-ring (bicyclic) bond motifs is 2. The Labute approximate surface area is 208 Å². The number of hydrogen-bond donors (Lipinski definition) is 1. The molecule has 0 bridgehead atoms. The third kappa shape index (κ3) is 5.06. The lowest BCUT2D eigenvalue weighted by atomic mass is 10.1. The number of thioether (sulfide) groups is 1. The summed E-state index contributed by atoms with van der Waals surface area (Å²) in [6.07, 6.45) is 0.710. The van der Waals surface area contributed by atoms with Gasteiger partial charge in [-0.3, -0.25) is 14.2 Å². The molecule has 0 unspecified atom stereocenters. The smallest absolute Gasteiger partial charge is 0.272 e. The van der Waals surface area contributed by atoms with E-state index in [9.17, 15) is 9.59 Å². The van der Waals surface area contributed by atoms with E-state index < -0.39 is 0 Å². The number of nitrogens with zero attached hydrogens (tertiary/aromatic N) is 2. The average Bonchev–Trinajstić information content (AvgIpc) is 3.50. The highest BCUT2D eigenvalue weighted by atomic mass is 35.5. The second kappa shape index (κ2) is 10.1. The summed E-state index contributed by atoms with van der Waals surface area (Å²) in [6.45, 7) is 1.02. The third-order valence-electron chi connectivity index (χ3n) is 5.29. The molecule has 0 atom stereocenters. The van der Waals surface area contributed by atoms with Gasteiger partial charge in [0.2, 0.25) is 12.7 Å². The van der Waals surface area contributed by atoms with Crippen molar-refractivity contribution in [3.63, 3.8) is 0 Å². The largest absolute Gasteiger partial charge is 0.454 e. The zero-order valence-corrected chi connectivity index (χ0v) is 20.3. The molecule has 3 heterocycles. The lowest BCUT2D eigenvalue weighted by Crippen LogP contribution is -2.28. The Kier molecular flexibility index (Phi) is 6.75. The zero-order chi connectivity index (χ0) is 23.5. The van der Waals surface area contributed by atoms with Gasteiger partial charge in [0.15, 0.2) is 16.7 Å². The summed E-state index contributed by atoms with van der Waals surface area (Å²) in [5, 5.41) is 5.96. The molecular weight excluding hydrogens is 494 g/mol. The van der Waals surface area contributed by atoms with Crippen LogP contribution < -0.4 is 20.3 Å². The maximum Gasteiger partial charge on any atom is 0.272 e. The van der Waals surface area contributed by atoms with Gasteiger partial charge in [0, 0.05) is 11.6 Å². The Morgan fingerprint density at radius 1 is 1.12 bits per heavy atom. The summed E-state index contributed by atoms with van der Waals surface area (Å²) in [7, 11) is 0. The van der Waals surface area contributed by atoms with E-state index in [0.29, 0.717) is 51.4 Å². The molecule has 2 aromatic heterocycles. The van der Waals surface area contributed by atoms with Crippen molar-refractivity contribution in [1.82, 2.24) is 14.9 Å². The highest BCUT2D eigenvalue weighted by Gasteiger charge is 2.17. The summed E-state index contributed by atoms with van der Waals surface area (Å²) in [6, 6.07) is 15.0. The maximum atomic E-state index is 13.2. The van der Waals surface area contributed by atoms with Gasteiger partial charge in [-0.15, -0.1) is 11.3 Å². The molecular formula is C24H20ClN3O4S2. The highest BCUT2D eigenvalue weighted by Crippen LogP contribution is 2.33. The predicted molar refractivity (Wildman–Crippen MR) is 134 cm³/mol. The first kappa shape index (κ1) is 22.8. The summed E-state index contributed by atoms with van der Waals surface area (Å²) >= 11 is 8.53. The Bertz CT molecular complexity index is 1400. The van der Waals surface area contributed by atoms with Crippen LogP contribution >= 0.6 is 34.7 Å². The molecule has 10 heteroatoms. The lowest BCUT2D eigenvalue weighted by molar-refractivity contribution is -0.118. The standard InChI is InChI=1S/C24H20ClN3O4S2/c25-17-4-1-15(2-5-17)7-9-26-21(29)13-34-24-27-18-8-10-33-22(18)23(30)28(24)12-16-3-6-19-20(11-16)32-14-31-19/h1-6,8,10-11H,7,9,12-14H2,(H,26,29). The van der Waals surface area contributed by atoms with Crippen LogP contribution in [-0.2, 0) is 17.8 Å². The van der Waals surface area contributed by atoms with Crippen molar-refractivity contribution in [3.05, 3.63) is 80.4 Å². The zero-order valence-electron chi connectivity index (χ0n) is 18.0. The molecule has 0 aliphatic carbocycles. The molecule has 1 N–H and O–H groups in total. The van der Waals surface area contributed by atoms with Gasteiger partial charge in [0.05, 0.1) is 17.8 Å². The van der Waals surface area contributed by atoms with Crippen LogP contribution in [0.25, 0.3) is 10.2 Å². The van der Waals surface area contributed by atoms with E-state index in [1.165, 1.54) is 23.1 Å². The van der Waals surface area contributed by atoms with Gasteiger partial charge < -0.3 is 14.8 Å². The van der Waals surface area contributed by atoms with Crippen LogP contribution in [0.5, 0.6) is 11.5 Å². The number of thiophene rings is 1. The molecule has 34 heavy (non-hydrogen) atoms. The SMILES string of the molecule is O=C(CSc1nc2ccsc2c(=O)n1Cc1ccc2c(c1)OCO2)NCCc1ccc(Cl)cc1. The van der Waals surface area contributed by atoms with Crippen molar-refractivity contribution in [2.45, 2.75) is 18.1 Å². The number of amides is 1.